The SMILES string of the molecule is CN(CCO)Cc1cn(C)cn1. The smallest absolute Gasteiger partial charge is 0.0947 e. The highest BCUT2D eigenvalue weighted by atomic mass is 16.3. The summed E-state index contributed by atoms with van der Waals surface area (Å²) in [5.41, 5.74) is 1.04. The molecule has 0 radical (unpaired) electrons. The van der Waals surface area contributed by atoms with E-state index in [4.69, 9.17) is 5.11 Å². The molecule has 0 bridgehead atoms. The van der Waals surface area contributed by atoms with Crippen LogP contribution in [0.2, 0.25) is 0 Å². The molecule has 0 saturated heterocycles. The molecule has 1 heterocycles. The number of aryl methyl sites for hydroxylation is 1. The number of imidazole rings is 1. The van der Waals surface area contributed by atoms with Crippen molar-refractivity contribution in [3.8, 4) is 0 Å². The fourth-order valence-corrected chi connectivity index (χ4v) is 1.07. The van der Waals surface area contributed by atoms with Crippen molar-refractivity contribution in [2.24, 2.45) is 7.05 Å². The molecule has 0 aliphatic carbocycles. The first-order chi connectivity index (χ1) is 5.72. The average Bonchev–Trinajstić information content (AvgIpc) is 2.36. The predicted molar refractivity (Wildman–Crippen MR) is 46.6 cm³/mol. The van der Waals surface area contributed by atoms with Gasteiger partial charge in [0, 0.05) is 26.3 Å². The third-order valence-corrected chi connectivity index (χ3v) is 1.67. The van der Waals surface area contributed by atoms with Crippen molar-refractivity contribution in [2.45, 2.75) is 6.54 Å². The van der Waals surface area contributed by atoms with Gasteiger partial charge >= 0.3 is 0 Å². The summed E-state index contributed by atoms with van der Waals surface area (Å²) in [5.74, 6) is 0. The van der Waals surface area contributed by atoms with Crippen LogP contribution in [0.3, 0.4) is 0 Å². The average molecular weight is 169 g/mol. The monoisotopic (exact) mass is 169 g/mol. The first kappa shape index (κ1) is 9.22. The lowest BCUT2D eigenvalue weighted by Crippen LogP contribution is -2.21. The van der Waals surface area contributed by atoms with Gasteiger partial charge in [-0.3, -0.25) is 4.90 Å². The van der Waals surface area contributed by atoms with Crippen LogP contribution in [0.15, 0.2) is 12.5 Å². The van der Waals surface area contributed by atoms with Gasteiger partial charge in [0.25, 0.3) is 0 Å². The largest absolute Gasteiger partial charge is 0.395 e. The Hall–Kier alpha value is -0.870. The lowest BCUT2D eigenvalue weighted by atomic mass is 10.4. The Kier molecular flexibility index (Phi) is 3.25. The van der Waals surface area contributed by atoms with Crippen molar-refractivity contribution < 1.29 is 5.11 Å². The molecule has 0 saturated carbocycles. The molecular formula is C8H15N3O. The molecule has 1 aromatic heterocycles. The van der Waals surface area contributed by atoms with E-state index < -0.39 is 0 Å². The van der Waals surface area contributed by atoms with Gasteiger partial charge in [0.2, 0.25) is 0 Å². The Morgan fingerprint density at radius 1 is 1.67 bits per heavy atom. The van der Waals surface area contributed by atoms with Crippen molar-refractivity contribution in [3.63, 3.8) is 0 Å². The molecule has 0 fully saturated rings. The topological polar surface area (TPSA) is 41.3 Å². The van der Waals surface area contributed by atoms with Crippen molar-refractivity contribution in [1.29, 1.82) is 0 Å². The van der Waals surface area contributed by atoms with E-state index in [1.807, 2.05) is 29.8 Å². The minimum Gasteiger partial charge on any atom is -0.395 e. The number of hydrogen-bond acceptors (Lipinski definition) is 3. The van der Waals surface area contributed by atoms with Gasteiger partial charge in [-0.15, -0.1) is 0 Å². The standard InChI is InChI=1S/C8H15N3O/c1-10(3-4-12)5-8-6-11(2)7-9-8/h6-7,12H,3-5H2,1-2H3. The van der Waals surface area contributed by atoms with Crippen LogP contribution in [-0.4, -0.2) is 39.8 Å². The summed E-state index contributed by atoms with van der Waals surface area (Å²) in [4.78, 5) is 6.21. The number of aliphatic hydroxyl groups excluding tert-OH is 1. The van der Waals surface area contributed by atoms with E-state index in [2.05, 4.69) is 4.98 Å². The lowest BCUT2D eigenvalue weighted by molar-refractivity contribution is 0.216. The molecule has 0 unspecified atom stereocenters. The van der Waals surface area contributed by atoms with Gasteiger partial charge in [-0.25, -0.2) is 4.98 Å². The highest BCUT2D eigenvalue weighted by Crippen LogP contribution is 1.97. The highest BCUT2D eigenvalue weighted by Gasteiger charge is 2.00. The van der Waals surface area contributed by atoms with Crippen molar-refractivity contribution in [1.82, 2.24) is 14.5 Å². The van der Waals surface area contributed by atoms with Gasteiger partial charge in [-0.1, -0.05) is 0 Å². The van der Waals surface area contributed by atoms with E-state index in [1.165, 1.54) is 0 Å². The van der Waals surface area contributed by atoms with Crippen LogP contribution in [-0.2, 0) is 13.6 Å². The maximum atomic E-state index is 8.65. The third kappa shape index (κ3) is 2.64. The molecular weight excluding hydrogens is 154 g/mol. The van der Waals surface area contributed by atoms with E-state index in [0.29, 0.717) is 6.54 Å². The van der Waals surface area contributed by atoms with E-state index in [1.54, 1.807) is 6.33 Å². The van der Waals surface area contributed by atoms with E-state index >= 15 is 0 Å². The summed E-state index contributed by atoms with van der Waals surface area (Å²) < 4.78 is 1.92. The molecule has 1 aromatic rings. The zero-order valence-electron chi connectivity index (χ0n) is 7.56. The first-order valence-corrected chi connectivity index (χ1v) is 3.98. The zero-order chi connectivity index (χ0) is 8.97. The maximum absolute atomic E-state index is 8.65. The molecule has 68 valence electrons. The Balaban J connectivity index is 2.41. The zero-order valence-corrected chi connectivity index (χ0v) is 7.56. The second kappa shape index (κ2) is 4.23. The highest BCUT2D eigenvalue weighted by molar-refractivity contribution is 4.95. The minimum absolute atomic E-state index is 0.198. The molecule has 0 aliphatic heterocycles. The van der Waals surface area contributed by atoms with Crippen molar-refractivity contribution >= 4 is 0 Å². The molecule has 0 aliphatic rings. The lowest BCUT2D eigenvalue weighted by Gasteiger charge is -2.12. The van der Waals surface area contributed by atoms with Crippen LogP contribution < -0.4 is 0 Å². The van der Waals surface area contributed by atoms with Crippen LogP contribution in [0.25, 0.3) is 0 Å². The summed E-state index contributed by atoms with van der Waals surface area (Å²) in [6.45, 7) is 1.68. The normalized spacial score (nSPS) is 11.0. The molecule has 0 aromatic carbocycles. The number of aromatic nitrogens is 2. The molecule has 1 rings (SSSR count). The number of aliphatic hydroxyl groups is 1. The molecule has 1 N–H and O–H groups in total. The summed E-state index contributed by atoms with van der Waals surface area (Å²) in [6, 6.07) is 0. The summed E-state index contributed by atoms with van der Waals surface area (Å²) in [7, 11) is 3.91. The van der Waals surface area contributed by atoms with E-state index in [0.717, 1.165) is 12.2 Å². The Morgan fingerprint density at radius 3 is 2.92 bits per heavy atom. The van der Waals surface area contributed by atoms with Gasteiger partial charge in [-0.2, -0.15) is 0 Å². The second-order valence-electron chi connectivity index (χ2n) is 2.99. The summed E-state index contributed by atoms with van der Waals surface area (Å²) in [6.07, 6.45) is 3.76. The van der Waals surface area contributed by atoms with Crippen LogP contribution in [0.5, 0.6) is 0 Å². The molecule has 4 heteroatoms. The van der Waals surface area contributed by atoms with Gasteiger partial charge in [0.15, 0.2) is 0 Å². The van der Waals surface area contributed by atoms with Gasteiger partial charge < -0.3 is 9.67 Å². The fourth-order valence-electron chi connectivity index (χ4n) is 1.07. The Morgan fingerprint density at radius 2 is 2.42 bits per heavy atom. The first-order valence-electron chi connectivity index (χ1n) is 3.98. The number of nitrogens with zero attached hydrogens (tertiary/aromatic N) is 3. The number of likely N-dealkylation sites (N-methyl/N-ethyl adjacent to an activating group) is 1. The van der Waals surface area contributed by atoms with Crippen LogP contribution in [0, 0.1) is 0 Å². The van der Waals surface area contributed by atoms with Gasteiger partial charge in [0.1, 0.15) is 0 Å². The number of rotatable bonds is 4. The number of hydrogen-bond donors (Lipinski definition) is 1. The summed E-state index contributed by atoms with van der Waals surface area (Å²) in [5, 5.41) is 8.65. The maximum Gasteiger partial charge on any atom is 0.0947 e. The molecule has 0 amide bonds. The fraction of sp³-hybridized carbons (Fsp3) is 0.625. The summed E-state index contributed by atoms with van der Waals surface area (Å²) >= 11 is 0. The van der Waals surface area contributed by atoms with Crippen LogP contribution in [0.1, 0.15) is 5.69 Å². The Labute approximate surface area is 72.4 Å². The Bertz CT molecular complexity index is 234. The molecule has 0 spiro atoms. The van der Waals surface area contributed by atoms with Gasteiger partial charge in [-0.05, 0) is 7.05 Å². The minimum atomic E-state index is 0.198. The second-order valence-corrected chi connectivity index (χ2v) is 2.99. The molecule has 0 atom stereocenters. The van der Waals surface area contributed by atoms with Crippen LogP contribution in [0.4, 0.5) is 0 Å². The van der Waals surface area contributed by atoms with Crippen molar-refractivity contribution in [2.75, 3.05) is 20.2 Å². The molecule has 4 nitrogen and oxygen atoms in total. The quantitative estimate of drug-likeness (QED) is 0.681. The third-order valence-electron chi connectivity index (χ3n) is 1.67. The van der Waals surface area contributed by atoms with Crippen LogP contribution >= 0.6 is 0 Å². The molecule has 12 heavy (non-hydrogen) atoms. The van der Waals surface area contributed by atoms with Crippen molar-refractivity contribution in [3.05, 3.63) is 18.2 Å². The van der Waals surface area contributed by atoms with E-state index in [-0.39, 0.29) is 6.61 Å². The predicted octanol–water partition coefficient (Wildman–Crippen LogP) is -0.156. The van der Waals surface area contributed by atoms with Gasteiger partial charge in [0.05, 0.1) is 18.6 Å². The van der Waals surface area contributed by atoms with E-state index in [9.17, 15) is 0 Å².